The molecule has 0 aliphatic carbocycles. The molecule has 11 heavy (non-hydrogen) atoms. The van der Waals surface area contributed by atoms with Crippen molar-refractivity contribution >= 4 is 6.03 Å². The number of aliphatic hydroxyl groups is 1. The van der Waals surface area contributed by atoms with E-state index in [-0.39, 0.29) is 12.6 Å². The summed E-state index contributed by atoms with van der Waals surface area (Å²) in [7, 11) is 1.55. The molecule has 0 rings (SSSR count). The van der Waals surface area contributed by atoms with E-state index in [1.807, 2.05) is 0 Å². The molecule has 2 amide bonds. The van der Waals surface area contributed by atoms with Gasteiger partial charge in [0.15, 0.2) is 0 Å². The van der Waals surface area contributed by atoms with Gasteiger partial charge in [0, 0.05) is 13.6 Å². The number of urea groups is 1. The van der Waals surface area contributed by atoms with Crippen LogP contribution >= 0.6 is 0 Å². The predicted octanol–water partition coefficient (Wildman–Crippen LogP) is -1.08. The van der Waals surface area contributed by atoms with Crippen LogP contribution in [0.5, 0.6) is 0 Å². The van der Waals surface area contributed by atoms with Crippen LogP contribution in [0.15, 0.2) is 0 Å². The van der Waals surface area contributed by atoms with Gasteiger partial charge in [0.05, 0.1) is 19.8 Å². The molecule has 0 aromatic heterocycles. The van der Waals surface area contributed by atoms with Gasteiger partial charge >= 0.3 is 6.03 Å². The molecular weight excluding hydrogens is 148 g/mol. The van der Waals surface area contributed by atoms with Crippen molar-refractivity contribution in [1.29, 1.82) is 0 Å². The average Bonchev–Trinajstić information content (AvgIpc) is 2.04. The molecule has 0 saturated heterocycles. The first-order valence-corrected chi connectivity index (χ1v) is 3.45. The standard InChI is InChI=1S/C6H14N2O3/c1-7-6(10)8-2-4-11-5-3-9/h9H,2-5H2,1H3,(H2,7,8,10). The summed E-state index contributed by atoms with van der Waals surface area (Å²) in [6.07, 6.45) is 0. The number of hydrogen-bond acceptors (Lipinski definition) is 3. The molecule has 0 unspecified atom stereocenters. The van der Waals surface area contributed by atoms with Crippen LogP contribution < -0.4 is 10.6 Å². The minimum atomic E-state index is -0.224. The van der Waals surface area contributed by atoms with Crippen LogP contribution in [0, 0.1) is 0 Å². The molecule has 0 aliphatic heterocycles. The first-order chi connectivity index (χ1) is 5.31. The second kappa shape index (κ2) is 7.30. The van der Waals surface area contributed by atoms with E-state index in [1.165, 1.54) is 0 Å². The van der Waals surface area contributed by atoms with Crippen molar-refractivity contribution in [3.8, 4) is 0 Å². The first kappa shape index (κ1) is 10.2. The van der Waals surface area contributed by atoms with Gasteiger partial charge in [-0.1, -0.05) is 0 Å². The van der Waals surface area contributed by atoms with Crippen molar-refractivity contribution < 1.29 is 14.6 Å². The Kier molecular flexibility index (Phi) is 6.76. The molecule has 3 N–H and O–H groups in total. The van der Waals surface area contributed by atoms with Crippen molar-refractivity contribution in [2.75, 3.05) is 33.4 Å². The van der Waals surface area contributed by atoms with Gasteiger partial charge in [-0.2, -0.15) is 0 Å². The SMILES string of the molecule is CNC(=O)NCCOCCO. The Morgan fingerprint density at radius 3 is 2.82 bits per heavy atom. The Hall–Kier alpha value is -0.810. The number of hydrogen-bond donors (Lipinski definition) is 3. The molecule has 66 valence electrons. The summed E-state index contributed by atoms with van der Waals surface area (Å²) >= 11 is 0. The van der Waals surface area contributed by atoms with Crippen LogP contribution in [0.25, 0.3) is 0 Å². The van der Waals surface area contributed by atoms with Gasteiger partial charge in [0.25, 0.3) is 0 Å². The highest BCUT2D eigenvalue weighted by atomic mass is 16.5. The third kappa shape index (κ3) is 7.08. The van der Waals surface area contributed by atoms with E-state index in [9.17, 15) is 4.79 Å². The normalized spacial score (nSPS) is 9.27. The summed E-state index contributed by atoms with van der Waals surface area (Å²) in [5.41, 5.74) is 0. The zero-order valence-electron chi connectivity index (χ0n) is 6.59. The summed E-state index contributed by atoms with van der Waals surface area (Å²) in [5, 5.41) is 13.2. The van der Waals surface area contributed by atoms with Crippen molar-refractivity contribution in [3.63, 3.8) is 0 Å². The molecule has 5 nitrogen and oxygen atoms in total. The monoisotopic (exact) mass is 162 g/mol. The number of carbonyl (C=O) groups excluding carboxylic acids is 1. The second-order valence-corrected chi connectivity index (χ2v) is 1.84. The molecule has 0 spiro atoms. The van der Waals surface area contributed by atoms with Crippen LogP contribution in [-0.2, 0) is 4.74 Å². The van der Waals surface area contributed by atoms with E-state index >= 15 is 0 Å². The Balaban J connectivity index is 2.95. The highest BCUT2D eigenvalue weighted by molar-refractivity contribution is 5.73. The van der Waals surface area contributed by atoms with Gasteiger partial charge in [0.2, 0.25) is 0 Å². The van der Waals surface area contributed by atoms with E-state index in [0.29, 0.717) is 19.8 Å². The molecule has 0 heterocycles. The molecule has 0 aromatic rings. The van der Waals surface area contributed by atoms with Crippen molar-refractivity contribution in [3.05, 3.63) is 0 Å². The summed E-state index contributed by atoms with van der Waals surface area (Å²) in [5.74, 6) is 0. The fourth-order valence-corrected chi connectivity index (χ4v) is 0.492. The zero-order chi connectivity index (χ0) is 8.53. The fourth-order valence-electron chi connectivity index (χ4n) is 0.492. The van der Waals surface area contributed by atoms with E-state index in [0.717, 1.165) is 0 Å². The van der Waals surface area contributed by atoms with Gasteiger partial charge in [-0.15, -0.1) is 0 Å². The highest BCUT2D eigenvalue weighted by Crippen LogP contribution is 1.71. The summed E-state index contributed by atoms with van der Waals surface area (Å²) in [6.45, 7) is 1.21. The smallest absolute Gasteiger partial charge is 0.314 e. The lowest BCUT2D eigenvalue weighted by atomic mass is 10.6. The Morgan fingerprint density at radius 2 is 2.27 bits per heavy atom. The van der Waals surface area contributed by atoms with Gasteiger partial charge in [-0.05, 0) is 0 Å². The van der Waals surface area contributed by atoms with Crippen LogP contribution in [0.3, 0.4) is 0 Å². The van der Waals surface area contributed by atoms with Crippen LogP contribution in [0.4, 0.5) is 4.79 Å². The van der Waals surface area contributed by atoms with E-state index in [2.05, 4.69) is 10.6 Å². The van der Waals surface area contributed by atoms with E-state index in [4.69, 9.17) is 9.84 Å². The van der Waals surface area contributed by atoms with Crippen LogP contribution in [0.2, 0.25) is 0 Å². The Bertz CT molecular complexity index is 108. The first-order valence-electron chi connectivity index (χ1n) is 3.45. The lowest BCUT2D eigenvalue weighted by molar-refractivity contribution is 0.0947. The predicted molar refractivity (Wildman–Crippen MR) is 40.4 cm³/mol. The van der Waals surface area contributed by atoms with Crippen LogP contribution in [0.1, 0.15) is 0 Å². The largest absolute Gasteiger partial charge is 0.394 e. The zero-order valence-corrected chi connectivity index (χ0v) is 6.59. The summed E-state index contributed by atoms with van der Waals surface area (Å²) < 4.78 is 4.89. The Labute approximate surface area is 65.7 Å². The average molecular weight is 162 g/mol. The second-order valence-electron chi connectivity index (χ2n) is 1.84. The topological polar surface area (TPSA) is 70.6 Å². The Morgan fingerprint density at radius 1 is 1.55 bits per heavy atom. The van der Waals surface area contributed by atoms with Gasteiger partial charge in [-0.3, -0.25) is 0 Å². The molecule has 0 atom stereocenters. The molecule has 0 aliphatic rings. The number of ether oxygens (including phenoxy) is 1. The van der Waals surface area contributed by atoms with Crippen molar-refractivity contribution in [2.24, 2.45) is 0 Å². The third-order valence-corrected chi connectivity index (χ3v) is 0.995. The van der Waals surface area contributed by atoms with Crippen molar-refractivity contribution in [2.45, 2.75) is 0 Å². The lowest BCUT2D eigenvalue weighted by Gasteiger charge is -2.03. The molecule has 0 fully saturated rings. The van der Waals surface area contributed by atoms with Gasteiger partial charge < -0.3 is 20.5 Å². The van der Waals surface area contributed by atoms with Gasteiger partial charge in [-0.25, -0.2) is 4.79 Å². The maximum absolute atomic E-state index is 10.5. The summed E-state index contributed by atoms with van der Waals surface area (Å²) in [6, 6.07) is -0.224. The third-order valence-electron chi connectivity index (χ3n) is 0.995. The molecular formula is C6H14N2O3. The quantitative estimate of drug-likeness (QED) is 0.450. The number of carbonyl (C=O) groups is 1. The molecule has 0 radical (unpaired) electrons. The molecule has 0 bridgehead atoms. The van der Waals surface area contributed by atoms with E-state index in [1.54, 1.807) is 7.05 Å². The number of amides is 2. The number of aliphatic hydroxyl groups excluding tert-OH is 1. The number of nitrogens with one attached hydrogen (secondary N) is 2. The number of rotatable bonds is 5. The highest BCUT2D eigenvalue weighted by Gasteiger charge is 1.92. The van der Waals surface area contributed by atoms with Crippen molar-refractivity contribution in [1.82, 2.24) is 10.6 Å². The molecule has 0 saturated carbocycles. The molecule has 0 aromatic carbocycles. The maximum atomic E-state index is 10.5. The minimum absolute atomic E-state index is 0.0139. The van der Waals surface area contributed by atoms with Gasteiger partial charge in [0.1, 0.15) is 0 Å². The molecule has 5 heteroatoms. The maximum Gasteiger partial charge on any atom is 0.314 e. The minimum Gasteiger partial charge on any atom is -0.394 e. The summed E-state index contributed by atoms with van der Waals surface area (Å²) in [4.78, 5) is 10.5. The van der Waals surface area contributed by atoms with E-state index < -0.39 is 0 Å². The lowest BCUT2D eigenvalue weighted by Crippen LogP contribution is -2.35. The fraction of sp³-hybridized carbons (Fsp3) is 0.833. The van der Waals surface area contributed by atoms with Crippen LogP contribution in [-0.4, -0.2) is 44.6 Å².